The molecule has 0 bridgehead atoms. The van der Waals surface area contributed by atoms with Crippen LogP contribution in [0.5, 0.6) is 5.75 Å². The molecule has 0 aromatic heterocycles. The summed E-state index contributed by atoms with van der Waals surface area (Å²) in [6, 6.07) is 6.26. The summed E-state index contributed by atoms with van der Waals surface area (Å²) >= 11 is 0. The van der Waals surface area contributed by atoms with Crippen LogP contribution in [0.15, 0.2) is 18.2 Å². The third-order valence-electron chi connectivity index (χ3n) is 5.24. The molecule has 0 saturated carbocycles. The minimum absolute atomic E-state index is 0.0740. The van der Waals surface area contributed by atoms with E-state index in [4.69, 9.17) is 9.29 Å². The Morgan fingerprint density at radius 2 is 2.00 bits per heavy atom. The SMILES string of the molecule is CC1(C)c2cc(CCCNS(=O)(=O)O)ccc2OC1N1CCCCC1. The molecule has 2 aliphatic rings. The van der Waals surface area contributed by atoms with Crippen LogP contribution < -0.4 is 9.46 Å². The number of aryl methyl sites for hydroxylation is 1. The molecule has 0 aliphatic carbocycles. The first-order valence-corrected chi connectivity index (χ1v) is 10.5. The summed E-state index contributed by atoms with van der Waals surface area (Å²) in [7, 11) is -4.10. The molecule has 25 heavy (non-hydrogen) atoms. The Hall–Kier alpha value is -1.15. The van der Waals surface area contributed by atoms with E-state index in [1.54, 1.807) is 0 Å². The molecular formula is C18H28N2O4S. The van der Waals surface area contributed by atoms with Gasteiger partial charge in [-0.2, -0.15) is 13.1 Å². The van der Waals surface area contributed by atoms with Gasteiger partial charge in [-0.05, 0) is 37.3 Å². The molecule has 140 valence electrons. The Morgan fingerprint density at radius 3 is 2.68 bits per heavy atom. The van der Waals surface area contributed by atoms with E-state index >= 15 is 0 Å². The Labute approximate surface area is 150 Å². The molecule has 6 nitrogen and oxygen atoms in total. The number of likely N-dealkylation sites (tertiary alicyclic amines) is 1. The summed E-state index contributed by atoms with van der Waals surface area (Å²) in [6.07, 6.45) is 5.24. The molecule has 7 heteroatoms. The summed E-state index contributed by atoms with van der Waals surface area (Å²) in [4.78, 5) is 2.46. The molecule has 1 unspecified atom stereocenters. The highest BCUT2D eigenvalue weighted by molar-refractivity contribution is 7.83. The lowest BCUT2D eigenvalue weighted by atomic mass is 9.82. The standard InChI is InChI=1S/C18H28N2O4S/c1-18(2)15-13-14(7-6-10-19-25(21,22)23)8-9-16(15)24-17(18)20-11-4-3-5-12-20/h8-9,13,17,19H,3-7,10-12H2,1-2H3,(H,21,22,23). The van der Waals surface area contributed by atoms with Crippen LogP contribution in [0.4, 0.5) is 0 Å². The average Bonchev–Trinajstić information content (AvgIpc) is 2.83. The number of piperidine rings is 1. The van der Waals surface area contributed by atoms with Crippen LogP contribution in [0, 0.1) is 0 Å². The molecule has 2 N–H and O–H groups in total. The van der Waals surface area contributed by atoms with Gasteiger partial charge in [0.15, 0.2) is 6.23 Å². The largest absolute Gasteiger partial charge is 0.474 e. The van der Waals surface area contributed by atoms with Crippen molar-refractivity contribution in [3.8, 4) is 5.75 Å². The second-order valence-corrected chi connectivity index (χ2v) is 8.83. The number of ether oxygens (including phenoxy) is 1. The van der Waals surface area contributed by atoms with Crippen LogP contribution in [0.1, 0.15) is 50.7 Å². The lowest BCUT2D eigenvalue weighted by Crippen LogP contribution is -2.49. The predicted octanol–water partition coefficient (Wildman–Crippen LogP) is 2.49. The van der Waals surface area contributed by atoms with Crippen LogP contribution in [0.2, 0.25) is 0 Å². The molecule has 0 spiro atoms. The molecule has 2 heterocycles. The number of nitrogens with zero attached hydrogens (tertiary/aromatic N) is 1. The highest BCUT2D eigenvalue weighted by Crippen LogP contribution is 2.44. The second-order valence-electron chi connectivity index (χ2n) is 7.59. The van der Waals surface area contributed by atoms with Crippen molar-refractivity contribution in [3.05, 3.63) is 29.3 Å². The Bertz CT molecular complexity index is 712. The van der Waals surface area contributed by atoms with E-state index < -0.39 is 10.3 Å². The minimum atomic E-state index is -4.10. The van der Waals surface area contributed by atoms with E-state index in [-0.39, 0.29) is 18.2 Å². The lowest BCUT2D eigenvalue weighted by molar-refractivity contribution is -0.0131. The lowest BCUT2D eigenvalue weighted by Gasteiger charge is -2.38. The predicted molar refractivity (Wildman–Crippen MR) is 97.2 cm³/mol. The summed E-state index contributed by atoms with van der Waals surface area (Å²) in [5.41, 5.74) is 2.31. The number of hydrogen-bond acceptors (Lipinski definition) is 4. The van der Waals surface area contributed by atoms with E-state index in [1.165, 1.54) is 24.8 Å². The first-order chi connectivity index (χ1) is 11.8. The van der Waals surface area contributed by atoms with Crippen LogP contribution in [-0.4, -0.2) is 43.7 Å². The topological polar surface area (TPSA) is 78.9 Å². The van der Waals surface area contributed by atoms with Crippen molar-refractivity contribution in [1.29, 1.82) is 0 Å². The fourth-order valence-electron chi connectivity index (χ4n) is 3.92. The van der Waals surface area contributed by atoms with Gasteiger partial charge >= 0.3 is 10.3 Å². The maximum absolute atomic E-state index is 10.7. The quantitative estimate of drug-likeness (QED) is 0.596. The summed E-state index contributed by atoms with van der Waals surface area (Å²) < 4.78 is 38.5. The molecule has 1 fully saturated rings. The van der Waals surface area contributed by atoms with Crippen molar-refractivity contribution in [3.63, 3.8) is 0 Å². The van der Waals surface area contributed by atoms with E-state index in [1.807, 2.05) is 12.1 Å². The Morgan fingerprint density at radius 1 is 1.28 bits per heavy atom. The van der Waals surface area contributed by atoms with Gasteiger partial charge in [0.05, 0.1) is 0 Å². The zero-order chi connectivity index (χ0) is 18.1. The van der Waals surface area contributed by atoms with Gasteiger partial charge in [0, 0.05) is 30.6 Å². The van der Waals surface area contributed by atoms with Crippen molar-refractivity contribution >= 4 is 10.3 Å². The number of hydrogen-bond donors (Lipinski definition) is 2. The van der Waals surface area contributed by atoms with E-state index in [0.717, 1.165) is 30.8 Å². The highest BCUT2D eigenvalue weighted by Gasteiger charge is 2.45. The maximum atomic E-state index is 10.7. The van der Waals surface area contributed by atoms with Crippen LogP contribution in [0.3, 0.4) is 0 Å². The summed E-state index contributed by atoms with van der Waals surface area (Å²) in [5, 5.41) is 0. The highest BCUT2D eigenvalue weighted by atomic mass is 32.2. The molecular weight excluding hydrogens is 340 g/mol. The van der Waals surface area contributed by atoms with E-state index in [9.17, 15) is 8.42 Å². The number of benzene rings is 1. The van der Waals surface area contributed by atoms with Crippen LogP contribution >= 0.6 is 0 Å². The molecule has 1 aromatic rings. The van der Waals surface area contributed by atoms with Gasteiger partial charge in [0.25, 0.3) is 0 Å². The first kappa shape index (κ1) is 18.6. The third-order valence-corrected chi connectivity index (χ3v) is 5.81. The Kier molecular flexibility index (Phi) is 5.39. The second kappa shape index (κ2) is 7.23. The van der Waals surface area contributed by atoms with Gasteiger partial charge < -0.3 is 4.74 Å². The number of rotatable bonds is 6. The molecule has 1 aromatic carbocycles. The molecule has 2 aliphatic heterocycles. The summed E-state index contributed by atoms with van der Waals surface area (Å²) in [5.74, 6) is 0.959. The van der Waals surface area contributed by atoms with Crippen LogP contribution in [0.25, 0.3) is 0 Å². The van der Waals surface area contributed by atoms with Crippen molar-refractivity contribution in [2.45, 2.75) is 57.6 Å². The fraction of sp³-hybridized carbons (Fsp3) is 0.667. The zero-order valence-electron chi connectivity index (χ0n) is 15.0. The van der Waals surface area contributed by atoms with Crippen molar-refractivity contribution in [1.82, 2.24) is 9.62 Å². The van der Waals surface area contributed by atoms with E-state index in [2.05, 4.69) is 29.5 Å². The number of nitrogens with one attached hydrogen (secondary N) is 1. The third kappa shape index (κ3) is 4.34. The van der Waals surface area contributed by atoms with Crippen molar-refractivity contribution in [2.24, 2.45) is 0 Å². The first-order valence-electron chi connectivity index (χ1n) is 9.03. The van der Waals surface area contributed by atoms with Crippen LogP contribution in [-0.2, 0) is 22.1 Å². The minimum Gasteiger partial charge on any atom is -0.474 e. The number of fused-ring (bicyclic) bond motifs is 1. The van der Waals surface area contributed by atoms with Gasteiger partial charge in [-0.15, -0.1) is 0 Å². The normalized spacial score (nSPS) is 23.2. The molecule has 1 atom stereocenters. The summed E-state index contributed by atoms with van der Waals surface area (Å²) in [6.45, 7) is 6.89. The smallest absolute Gasteiger partial charge is 0.333 e. The monoisotopic (exact) mass is 368 g/mol. The molecule has 1 saturated heterocycles. The fourth-order valence-corrected chi connectivity index (χ4v) is 4.32. The van der Waals surface area contributed by atoms with Crippen molar-refractivity contribution < 1.29 is 17.7 Å². The zero-order valence-corrected chi connectivity index (χ0v) is 15.8. The van der Waals surface area contributed by atoms with Crippen molar-refractivity contribution in [2.75, 3.05) is 19.6 Å². The van der Waals surface area contributed by atoms with E-state index in [0.29, 0.717) is 6.42 Å². The van der Waals surface area contributed by atoms with Gasteiger partial charge in [-0.1, -0.05) is 32.4 Å². The van der Waals surface area contributed by atoms with Gasteiger partial charge in [-0.3, -0.25) is 9.45 Å². The maximum Gasteiger partial charge on any atom is 0.333 e. The van der Waals surface area contributed by atoms with Gasteiger partial charge in [0.2, 0.25) is 0 Å². The molecule has 0 amide bonds. The molecule has 3 rings (SSSR count). The Balaban J connectivity index is 1.67. The van der Waals surface area contributed by atoms with Gasteiger partial charge in [-0.25, -0.2) is 0 Å². The average molecular weight is 368 g/mol. The molecule has 0 radical (unpaired) electrons. The van der Waals surface area contributed by atoms with Gasteiger partial charge in [0.1, 0.15) is 5.75 Å².